The van der Waals surface area contributed by atoms with Gasteiger partial charge in [-0.05, 0) is 24.1 Å². The van der Waals surface area contributed by atoms with Gasteiger partial charge >= 0.3 is 5.97 Å². The van der Waals surface area contributed by atoms with Crippen LogP contribution in [0.3, 0.4) is 0 Å². The van der Waals surface area contributed by atoms with E-state index >= 15 is 0 Å². The first-order chi connectivity index (χ1) is 7.64. The molecule has 3 N–H and O–H groups in total. The molecule has 5 nitrogen and oxygen atoms in total. The van der Waals surface area contributed by atoms with Crippen LogP contribution in [0.2, 0.25) is 0 Å². The highest BCUT2D eigenvalue weighted by atomic mass is 16.5. The van der Waals surface area contributed by atoms with E-state index in [4.69, 9.17) is 15.6 Å². The van der Waals surface area contributed by atoms with Gasteiger partial charge in [-0.3, -0.25) is 9.78 Å². The van der Waals surface area contributed by atoms with E-state index in [0.29, 0.717) is 19.6 Å². The number of carboxylic acids is 1. The Labute approximate surface area is 93.2 Å². The van der Waals surface area contributed by atoms with E-state index in [-0.39, 0.29) is 5.41 Å². The van der Waals surface area contributed by atoms with Crippen molar-refractivity contribution in [3.05, 3.63) is 30.1 Å². The first-order valence-electron chi connectivity index (χ1n) is 5.11. The summed E-state index contributed by atoms with van der Waals surface area (Å²) in [6.45, 7) is 1.05. The number of ether oxygens (including phenoxy) is 1. The lowest BCUT2D eigenvalue weighted by Gasteiger charge is -2.42. The molecule has 1 unspecified atom stereocenters. The van der Waals surface area contributed by atoms with E-state index in [1.165, 1.54) is 0 Å². The van der Waals surface area contributed by atoms with Crippen LogP contribution in [-0.4, -0.2) is 35.3 Å². The Morgan fingerprint density at radius 2 is 2.19 bits per heavy atom. The summed E-state index contributed by atoms with van der Waals surface area (Å²) in [6, 6.07) is 2.92. The molecule has 5 heteroatoms. The molecule has 1 aliphatic rings. The minimum atomic E-state index is -0.972. The zero-order valence-electron chi connectivity index (χ0n) is 8.80. The monoisotopic (exact) mass is 222 g/mol. The van der Waals surface area contributed by atoms with Crippen LogP contribution in [0.25, 0.3) is 0 Å². The number of carbonyl (C=O) groups is 1. The van der Waals surface area contributed by atoms with Gasteiger partial charge in [0.1, 0.15) is 6.04 Å². The average molecular weight is 222 g/mol. The van der Waals surface area contributed by atoms with Gasteiger partial charge in [0, 0.05) is 17.8 Å². The van der Waals surface area contributed by atoms with E-state index in [0.717, 1.165) is 5.56 Å². The SMILES string of the molecule is NC(CC1(c2ccncc2)COC1)C(=O)O. The van der Waals surface area contributed by atoms with Crippen molar-refractivity contribution in [3.63, 3.8) is 0 Å². The second kappa shape index (κ2) is 4.19. The average Bonchev–Trinajstić information content (AvgIpc) is 2.24. The number of nitrogens with two attached hydrogens (primary N) is 1. The molecular weight excluding hydrogens is 208 g/mol. The highest BCUT2D eigenvalue weighted by Gasteiger charge is 2.42. The summed E-state index contributed by atoms with van der Waals surface area (Å²) in [5.74, 6) is -0.972. The Bertz CT molecular complexity index is 376. The minimum Gasteiger partial charge on any atom is -0.480 e. The van der Waals surface area contributed by atoms with Gasteiger partial charge in [-0.25, -0.2) is 0 Å². The summed E-state index contributed by atoms with van der Waals surface area (Å²) >= 11 is 0. The highest BCUT2D eigenvalue weighted by molar-refractivity contribution is 5.73. The fraction of sp³-hybridized carbons (Fsp3) is 0.455. The molecule has 1 saturated heterocycles. The van der Waals surface area contributed by atoms with Gasteiger partial charge < -0.3 is 15.6 Å². The maximum atomic E-state index is 10.8. The van der Waals surface area contributed by atoms with Crippen LogP contribution in [0.4, 0.5) is 0 Å². The van der Waals surface area contributed by atoms with Crippen LogP contribution in [0.5, 0.6) is 0 Å². The summed E-state index contributed by atoms with van der Waals surface area (Å²) in [4.78, 5) is 14.7. The molecule has 2 rings (SSSR count). The Kier molecular flexibility index (Phi) is 2.89. The Hall–Kier alpha value is -1.46. The topological polar surface area (TPSA) is 85.4 Å². The van der Waals surface area contributed by atoms with Gasteiger partial charge in [0.25, 0.3) is 0 Å². The van der Waals surface area contributed by atoms with E-state index in [2.05, 4.69) is 4.98 Å². The lowest BCUT2D eigenvalue weighted by Crippen LogP contribution is -2.51. The number of hydrogen-bond acceptors (Lipinski definition) is 4. The predicted octanol–water partition coefficient (Wildman–Crippen LogP) is 0.152. The maximum absolute atomic E-state index is 10.8. The lowest BCUT2D eigenvalue weighted by atomic mass is 9.74. The molecule has 1 atom stereocenters. The van der Waals surface area contributed by atoms with Gasteiger partial charge in [-0.2, -0.15) is 0 Å². The van der Waals surface area contributed by atoms with Crippen molar-refractivity contribution in [3.8, 4) is 0 Å². The number of aliphatic carboxylic acids is 1. The molecule has 86 valence electrons. The first kappa shape index (κ1) is 11.0. The summed E-state index contributed by atoms with van der Waals surface area (Å²) in [5.41, 5.74) is 6.38. The third-order valence-corrected chi connectivity index (χ3v) is 2.98. The number of pyridine rings is 1. The van der Waals surface area contributed by atoms with E-state index in [1.54, 1.807) is 12.4 Å². The molecule has 0 spiro atoms. The number of rotatable bonds is 4. The molecule has 0 saturated carbocycles. The molecule has 0 radical (unpaired) electrons. The zero-order chi connectivity index (χ0) is 11.6. The molecule has 1 aliphatic heterocycles. The minimum absolute atomic E-state index is 0.249. The van der Waals surface area contributed by atoms with Crippen LogP contribution in [0, 0.1) is 0 Å². The molecule has 0 aliphatic carbocycles. The van der Waals surface area contributed by atoms with Gasteiger partial charge in [0.2, 0.25) is 0 Å². The second-order valence-electron chi connectivity index (χ2n) is 4.16. The van der Waals surface area contributed by atoms with Crippen molar-refractivity contribution in [1.82, 2.24) is 4.98 Å². The van der Waals surface area contributed by atoms with Gasteiger partial charge in [-0.15, -0.1) is 0 Å². The van der Waals surface area contributed by atoms with Crippen molar-refractivity contribution in [2.24, 2.45) is 5.73 Å². The lowest BCUT2D eigenvalue weighted by molar-refractivity contribution is -0.141. The maximum Gasteiger partial charge on any atom is 0.320 e. The molecule has 0 aromatic carbocycles. The Morgan fingerprint density at radius 1 is 1.56 bits per heavy atom. The normalized spacial score (nSPS) is 19.8. The van der Waals surface area contributed by atoms with Crippen LogP contribution in [-0.2, 0) is 14.9 Å². The van der Waals surface area contributed by atoms with E-state index in [9.17, 15) is 4.79 Å². The summed E-state index contributed by atoms with van der Waals surface area (Å²) in [5, 5.41) is 8.83. The number of carboxylic acid groups (broad SMARTS) is 1. The molecule has 0 bridgehead atoms. The van der Waals surface area contributed by atoms with Crippen LogP contribution in [0.1, 0.15) is 12.0 Å². The highest BCUT2D eigenvalue weighted by Crippen LogP contribution is 2.36. The Balaban J connectivity index is 2.17. The van der Waals surface area contributed by atoms with E-state index < -0.39 is 12.0 Å². The summed E-state index contributed by atoms with van der Waals surface area (Å²) in [6.07, 6.45) is 3.79. The van der Waals surface area contributed by atoms with E-state index in [1.807, 2.05) is 12.1 Å². The quantitative estimate of drug-likeness (QED) is 0.757. The van der Waals surface area contributed by atoms with Crippen molar-refractivity contribution >= 4 is 5.97 Å². The number of nitrogens with zero attached hydrogens (tertiary/aromatic N) is 1. The molecule has 0 amide bonds. The third-order valence-electron chi connectivity index (χ3n) is 2.98. The fourth-order valence-electron chi connectivity index (χ4n) is 1.96. The standard InChI is InChI=1S/C11H14N2O3/c12-9(10(14)15)5-11(6-16-7-11)8-1-3-13-4-2-8/h1-4,9H,5-7,12H2,(H,14,15). The van der Waals surface area contributed by atoms with Crippen molar-refractivity contribution in [2.75, 3.05) is 13.2 Å². The number of aromatic nitrogens is 1. The largest absolute Gasteiger partial charge is 0.480 e. The van der Waals surface area contributed by atoms with Gasteiger partial charge in [0.15, 0.2) is 0 Å². The molecule has 1 aromatic heterocycles. The van der Waals surface area contributed by atoms with Crippen LogP contribution < -0.4 is 5.73 Å². The van der Waals surface area contributed by atoms with Crippen molar-refractivity contribution in [1.29, 1.82) is 0 Å². The predicted molar refractivity (Wildman–Crippen MR) is 57.0 cm³/mol. The fourth-order valence-corrected chi connectivity index (χ4v) is 1.96. The molecule has 16 heavy (non-hydrogen) atoms. The number of hydrogen-bond donors (Lipinski definition) is 2. The van der Waals surface area contributed by atoms with Gasteiger partial charge in [0.05, 0.1) is 13.2 Å². The third kappa shape index (κ3) is 1.91. The second-order valence-corrected chi connectivity index (χ2v) is 4.16. The molecular formula is C11H14N2O3. The molecule has 1 aromatic rings. The first-order valence-corrected chi connectivity index (χ1v) is 5.11. The van der Waals surface area contributed by atoms with Crippen LogP contribution >= 0.6 is 0 Å². The Morgan fingerprint density at radius 3 is 2.62 bits per heavy atom. The zero-order valence-corrected chi connectivity index (χ0v) is 8.80. The smallest absolute Gasteiger partial charge is 0.320 e. The van der Waals surface area contributed by atoms with Crippen LogP contribution in [0.15, 0.2) is 24.5 Å². The summed E-state index contributed by atoms with van der Waals surface area (Å²) in [7, 11) is 0. The van der Waals surface area contributed by atoms with Crippen molar-refractivity contribution < 1.29 is 14.6 Å². The van der Waals surface area contributed by atoms with Gasteiger partial charge in [-0.1, -0.05) is 0 Å². The summed E-state index contributed by atoms with van der Waals surface area (Å²) < 4.78 is 5.20. The molecule has 1 fully saturated rings. The van der Waals surface area contributed by atoms with Crippen molar-refractivity contribution in [2.45, 2.75) is 17.9 Å². The molecule has 2 heterocycles.